The minimum Gasteiger partial charge on any atom is -0.497 e. The highest BCUT2D eigenvalue weighted by Gasteiger charge is 2.18. The maximum atomic E-state index is 13.3. The predicted octanol–water partition coefficient (Wildman–Crippen LogP) is 3.36. The molecule has 9 heteroatoms. The molecule has 1 N–H and O–H groups in total. The Morgan fingerprint density at radius 1 is 1.11 bits per heavy atom. The molecule has 0 radical (unpaired) electrons. The molecular formula is C26H26N4O5. The normalized spacial score (nSPS) is 12.5. The van der Waals surface area contributed by atoms with E-state index in [2.05, 4.69) is 10.4 Å². The van der Waals surface area contributed by atoms with E-state index >= 15 is 0 Å². The number of hydrogen-bond donors (Lipinski definition) is 1. The van der Waals surface area contributed by atoms with E-state index in [-0.39, 0.29) is 17.9 Å². The number of aromatic nitrogens is 3. The Kier molecular flexibility index (Phi) is 5.90. The lowest BCUT2D eigenvalue weighted by molar-refractivity contribution is -0.116. The number of amides is 1. The highest BCUT2D eigenvalue weighted by molar-refractivity contribution is 5.91. The van der Waals surface area contributed by atoms with Gasteiger partial charge in [-0.05, 0) is 37.6 Å². The number of fused-ring (bicyclic) bond motifs is 2. The molecule has 3 heterocycles. The van der Waals surface area contributed by atoms with Gasteiger partial charge in [0, 0.05) is 48.1 Å². The number of ether oxygens (including phenoxy) is 3. The standard InChI is InChI=1S/C26H26N4O5/c1-16-20(8-10-24(31)27-18-7-9-22-23(14-18)35-12-11-34-22)26(32)30-25(29(16)2)15-21(28-30)17-5-4-6-19(13-17)33-3/h4-7,9,13-15H,8,10-12H2,1-3H3,(H,27,31). The highest BCUT2D eigenvalue weighted by Crippen LogP contribution is 2.32. The molecule has 1 amide bonds. The Balaban J connectivity index is 1.37. The van der Waals surface area contributed by atoms with Gasteiger partial charge in [0.1, 0.15) is 24.6 Å². The average Bonchev–Trinajstić information content (AvgIpc) is 3.33. The van der Waals surface area contributed by atoms with Crippen LogP contribution in [0.15, 0.2) is 53.3 Å². The summed E-state index contributed by atoms with van der Waals surface area (Å²) >= 11 is 0. The SMILES string of the molecule is COc1cccc(-c2cc3n(C)c(C)c(CCC(=O)Nc4ccc5c(c4)OCCO5)c(=O)n3n2)c1. The lowest BCUT2D eigenvalue weighted by Crippen LogP contribution is -2.26. The maximum Gasteiger partial charge on any atom is 0.277 e. The summed E-state index contributed by atoms with van der Waals surface area (Å²) in [6, 6.07) is 14.7. The molecule has 1 aliphatic heterocycles. The van der Waals surface area contributed by atoms with Gasteiger partial charge in [-0.25, -0.2) is 0 Å². The van der Waals surface area contributed by atoms with Gasteiger partial charge in [-0.2, -0.15) is 9.61 Å². The van der Waals surface area contributed by atoms with Crippen LogP contribution in [-0.4, -0.2) is 40.4 Å². The monoisotopic (exact) mass is 474 g/mol. The average molecular weight is 475 g/mol. The zero-order chi connectivity index (χ0) is 24.5. The quantitative estimate of drug-likeness (QED) is 0.460. The summed E-state index contributed by atoms with van der Waals surface area (Å²) in [4.78, 5) is 25.9. The first kappa shape index (κ1) is 22.5. The summed E-state index contributed by atoms with van der Waals surface area (Å²) in [7, 11) is 3.50. The molecule has 9 nitrogen and oxygen atoms in total. The number of nitrogens with one attached hydrogen (secondary N) is 1. The molecule has 0 spiro atoms. The van der Waals surface area contributed by atoms with Gasteiger partial charge in [-0.3, -0.25) is 9.59 Å². The van der Waals surface area contributed by atoms with Crippen molar-refractivity contribution in [1.82, 2.24) is 14.2 Å². The third-order valence-electron chi connectivity index (χ3n) is 6.22. The van der Waals surface area contributed by atoms with Crippen LogP contribution < -0.4 is 25.1 Å². The molecule has 0 saturated heterocycles. The Hall–Kier alpha value is -4.27. The summed E-state index contributed by atoms with van der Waals surface area (Å²) in [5.74, 6) is 1.79. The Labute approximate surface area is 201 Å². The topological polar surface area (TPSA) is 96.1 Å². The summed E-state index contributed by atoms with van der Waals surface area (Å²) in [5, 5.41) is 7.43. The van der Waals surface area contributed by atoms with E-state index in [1.54, 1.807) is 25.3 Å². The van der Waals surface area contributed by atoms with Gasteiger partial charge in [-0.1, -0.05) is 12.1 Å². The molecule has 0 bridgehead atoms. The smallest absolute Gasteiger partial charge is 0.277 e. The Bertz CT molecular complexity index is 1490. The van der Waals surface area contributed by atoms with E-state index in [0.29, 0.717) is 59.5 Å². The van der Waals surface area contributed by atoms with Crippen molar-refractivity contribution in [3.8, 4) is 28.5 Å². The fourth-order valence-electron chi connectivity index (χ4n) is 4.21. The van der Waals surface area contributed by atoms with Crippen LogP contribution in [0, 0.1) is 6.92 Å². The van der Waals surface area contributed by atoms with Gasteiger partial charge in [0.2, 0.25) is 5.91 Å². The minimum atomic E-state index is -0.225. The number of benzene rings is 2. The summed E-state index contributed by atoms with van der Waals surface area (Å²) < 4.78 is 19.7. The molecule has 0 saturated carbocycles. The number of methoxy groups -OCH3 is 1. The second-order valence-corrected chi connectivity index (χ2v) is 8.37. The molecule has 180 valence electrons. The van der Waals surface area contributed by atoms with Gasteiger partial charge in [0.25, 0.3) is 5.56 Å². The van der Waals surface area contributed by atoms with E-state index in [4.69, 9.17) is 14.2 Å². The third kappa shape index (κ3) is 4.32. The first-order valence-corrected chi connectivity index (χ1v) is 11.4. The number of nitrogens with zero attached hydrogens (tertiary/aromatic N) is 3. The number of rotatable bonds is 6. The summed E-state index contributed by atoms with van der Waals surface area (Å²) in [5.41, 5.74) is 3.94. The largest absolute Gasteiger partial charge is 0.497 e. The van der Waals surface area contributed by atoms with Gasteiger partial charge in [-0.15, -0.1) is 0 Å². The predicted molar refractivity (Wildman–Crippen MR) is 132 cm³/mol. The molecule has 2 aromatic carbocycles. The zero-order valence-electron chi connectivity index (χ0n) is 19.8. The number of carbonyl (C=O) groups is 1. The molecule has 0 unspecified atom stereocenters. The number of carbonyl (C=O) groups excluding carboxylic acids is 1. The molecule has 0 aliphatic carbocycles. The Morgan fingerprint density at radius 3 is 2.71 bits per heavy atom. The van der Waals surface area contributed by atoms with Gasteiger partial charge < -0.3 is 24.1 Å². The fraction of sp³-hybridized carbons (Fsp3) is 0.269. The second-order valence-electron chi connectivity index (χ2n) is 8.37. The molecule has 5 rings (SSSR count). The molecule has 4 aromatic rings. The Morgan fingerprint density at radius 2 is 1.91 bits per heavy atom. The first-order valence-electron chi connectivity index (χ1n) is 11.4. The van der Waals surface area contributed by atoms with Crippen molar-refractivity contribution in [2.24, 2.45) is 7.05 Å². The number of anilines is 1. The number of aryl methyl sites for hydroxylation is 1. The molecule has 0 atom stereocenters. The van der Waals surface area contributed by atoms with Crippen LogP contribution in [-0.2, 0) is 18.3 Å². The molecule has 35 heavy (non-hydrogen) atoms. The first-order chi connectivity index (χ1) is 16.9. The van der Waals surface area contributed by atoms with Crippen LogP contribution in [0.3, 0.4) is 0 Å². The highest BCUT2D eigenvalue weighted by atomic mass is 16.6. The van der Waals surface area contributed by atoms with Crippen molar-refractivity contribution < 1.29 is 19.0 Å². The lowest BCUT2D eigenvalue weighted by atomic mass is 10.1. The summed E-state index contributed by atoms with van der Waals surface area (Å²) in [6.45, 7) is 2.87. The van der Waals surface area contributed by atoms with Crippen molar-refractivity contribution in [2.75, 3.05) is 25.6 Å². The third-order valence-corrected chi connectivity index (χ3v) is 6.22. The van der Waals surface area contributed by atoms with Crippen molar-refractivity contribution in [3.05, 3.63) is 70.1 Å². The maximum absolute atomic E-state index is 13.3. The van der Waals surface area contributed by atoms with Crippen LogP contribution in [0.1, 0.15) is 17.7 Å². The number of hydrogen-bond acceptors (Lipinski definition) is 6. The second kappa shape index (κ2) is 9.17. The van der Waals surface area contributed by atoms with E-state index in [1.165, 1.54) is 4.52 Å². The van der Waals surface area contributed by atoms with Crippen LogP contribution in [0.25, 0.3) is 16.9 Å². The van der Waals surface area contributed by atoms with Crippen LogP contribution in [0.4, 0.5) is 5.69 Å². The molecular weight excluding hydrogens is 448 g/mol. The van der Waals surface area contributed by atoms with E-state index in [9.17, 15) is 9.59 Å². The van der Waals surface area contributed by atoms with Crippen molar-refractivity contribution in [1.29, 1.82) is 0 Å². The van der Waals surface area contributed by atoms with E-state index in [1.807, 2.05) is 48.9 Å². The molecule has 0 fully saturated rings. The van der Waals surface area contributed by atoms with Crippen LogP contribution in [0.2, 0.25) is 0 Å². The lowest BCUT2D eigenvalue weighted by Gasteiger charge is -2.19. The van der Waals surface area contributed by atoms with Crippen LogP contribution >= 0.6 is 0 Å². The summed E-state index contributed by atoms with van der Waals surface area (Å²) in [6.07, 6.45) is 0.444. The zero-order valence-corrected chi connectivity index (χ0v) is 19.8. The van der Waals surface area contributed by atoms with Crippen molar-refractivity contribution in [3.63, 3.8) is 0 Å². The van der Waals surface area contributed by atoms with E-state index < -0.39 is 0 Å². The van der Waals surface area contributed by atoms with Crippen molar-refractivity contribution in [2.45, 2.75) is 19.8 Å². The molecule has 2 aromatic heterocycles. The van der Waals surface area contributed by atoms with Gasteiger partial charge in [0.15, 0.2) is 11.5 Å². The fourth-order valence-corrected chi connectivity index (χ4v) is 4.21. The van der Waals surface area contributed by atoms with Crippen LogP contribution in [0.5, 0.6) is 17.2 Å². The van der Waals surface area contributed by atoms with Crippen molar-refractivity contribution >= 4 is 17.2 Å². The van der Waals surface area contributed by atoms with Gasteiger partial charge >= 0.3 is 0 Å². The van der Waals surface area contributed by atoms with E-state index in [0.717, 1.165) is 11.3 Å². The minimum absolute atomic E-state index is 0.153. The van der Waals surface area contributed by atoms with Gasteiger partial charge in [0.05, 0.1) is 12.8 Å². The molecule has 1 aliphatic rings.